The van der Waals surface area contributed by atoms with E-state index in [4.69, 9.17) is 47.4 Å². The van der Waals surface area contributed by atoms with E-state index in [2.05, 4.69) is 85.2 Å². The number of alkyl carbamates (subject to hydrolysis) is 4. The van der Waals surface area contributed by atoms with Crippen LogP contribution in [0.25, 0.3) is 0 Å². The van der Waals surface area contributed by atoms with Crippen molar-refractivity contribution in [3.8, 4) is 17.2 Å². The van der Waals surface area contributed by atoms with Crippen LogP contribution in [0.1, 0.15) is 217 Å². The van der Waals surface area contributed by atoms with E-state index in [1.807, 2.05) is 46.0 Å². The first-order valence-corrected chi connectivity index (χ1v) is 42.5. The summed E-state index contributed by atoms with van der Waals surface area (Å²) in [4.78, 5) is 144. The molecule has 122 heavy (non-hydrogen) atoms. The van der Waals surface area contributed by atoms with Crippen LogP contribution in [-0.4, -0.2) is 238 Å². The Hall–Kier alpha value is -9.89. The highest BCUT2D eigenvalue weighted by molar-refractivity contribution is 6.01. The molecule has 32 nitrogen and oxygen atoms in total. The molecule has 664 valence electrons. The van der Waals surface area contributed by atoms with Crippen LogP contribution in [0.2, 0.25) is 0 Å². The molecule has 16 rings (SSSR count). The predicted molar refractivity (Wildman–Crippen MR) is 439 cm³/mol. The summed E-state index contributed by atoms with van der Waals surface area (Å²) in [5.74, 6) is 0.167. The van der Waals surface area contributed by atoms with E-state index in [0.717, 1.165) is 102 Å². The van der Waals surface area contributed by atoms with Crippen molar-refractivity contribution in [1.29, 1.82) is 0 Å². The maximum absolute atomic E-state index is 13.6. The fraction of sp³-hybridized carbons (Fsp3) is 0.633. The van der Waals surface area contributed by atoms with Crippen LogP contribution in [0, 0.1) is 20.8 Å². The Morgan fingerprint density at radius 2 is 0.779 bits per heavy atom. The normalized spacial score (nSPS) is 28.6. The fourth-order valence-electron chi connectivity index (χ4n) is 20.8. The van der Waals surface area contributed by atoms with Crippen molar-refractivity contribution in [3.63, 3.8) is 0 Å². The lowest BCUT2D eigenvalue weighted by Gasteiger charge is -2.62. The number of hydrogen-bond acceptors (Lipinski definition) is 27. The van der Waals surface area contributed by atoms with Crippen molar-refractivity contribution in [2.45, 2.75) is 298 Å². The molecule has 6 amide bonds. The number of likely N-dealkylation sites (N-methyl/N-ethyl adjacent to an activating group) is 3. The first-order valence-electron chi connectivity index (χ1n) is 42.5. The number of hydrogen-bond donors (Lipinski definition) is 6. The molecule has 3 aromatic rings. The Balaban J connectivity index is 0.000000148. The first kappa shape index (κ1) is 89.9. The molecule has 12 atom stereocenters. The number of aliphatic hydroxyl groups is 2. The Morgan fingerprint density at radius 1 is 0.434 bits per heavy atom. The summed E-state index contributed by atoms with van der Waals surface area (Å²) in [5.41, 5.74) is 2.61. The third-order valence-electron chi connectivity index (χ3n) is 25.8. The largest absolute Gasteiger partial charge is 0.481 e. The highest BCUT2D eigenvalue weighted by atomic mass is 16.7. The molecule has 1 saturated carbocycles. The molecule has 4 saturated heterocycles. The highest BCUT2D eigenvalue weighted by Gasteiger charge is 2.76. The minimum Gasteiger partial charge on any atom is -0.481 e. The van der Waals surface area contributed by atoms with Gasteiger partial charge in [-0.3, -0.25) is 33.7 Å². The summed E-state index contributed by atoms with van der Waals surface area (Å²) in [6.07, 6.45) is 5.41. The van der Waals surface area contributed by atoms with Gasteiger partial charge >= 0.3 is 48.3 Å². The molecule has 5 fully saturated rings. The number of piperidine rings is 3. The SMILES string of the molecule is CC(C)(C)OC(=O)NCCC(=O)ON1C(=O)CCC1=O.Cc1ccc2c3c1O[C@H]1C(=O)CC[C@@]4(O)[C@@H](C2)N(C)CC[C@]314.Cc1ccc2c3c1O[C@H]1C(OC(=O)CCNC(=O)OC(C)(C)C)=CC[C@@]4(O)[C@@H](C2)N(C)CC[C@]314.Cc1ccc2c3c1O[C@H]1C(OC(=O)CCNC(=O)OC(C)(C)C)=CC[C@@]4(OC(=O)CCNC(=O)OC(C)(C)C)[C@@H](C2)N(C)CC[C@]314. The molecule has 0 unspecified atom stereocenters. The van der Waals surface area contributed by atoms with Crippen LogP contribution >= 0.6 is 0 Å². The van der Waals surface area contributed by atoms with E-state index in [0.29, 0.717) is 55.1 Å². The van der Waals surface area contributed by atoms with Gasteiger partial charge in [0.25, 0.3) is 11.8 Å². The van der Waals surface area contributed by atoms with Gasteiger partial charge in [0.1, 0.15) is 56.8 Å². The van der Waals surface area contributed by atoms with Crippen molar-refractivity contribution < 1.29 is 115 Å². The molecule has 7 heterocycles. The van der Waals surface area contributed by atoms with Crippen molar-refractivity contribution in [2.75, 3.05) is 67.0 Å². The quantitative estimate of drug-likeness (QED) is 0.0443. The number of ether oxygens (including phenoxy) is 10. The molecular weight excluding hydrogens is 1580 g/mol. The van der Waals surface area contributed by atoms with E-state index in [1.165, 1.54) is 11.1 Å². The van der Waals surface area contributed by atoms with Crippen LogP contribution < -0.4 is 35.5 Å². The predicted octanol–water partition coefficient (Wildman–Crippen LogP) is 8.78. The lowest BCUT2D eigenvalue weighted by Crippen LogP contribution is -2.76. The van der Waals surface area contributed by atoms with E-state index < -0.39 is 134 Å². The highest BCUT2D eigenvalue weighted by Crippen LogP contribution is 2.68. The maximum Gasteiger partial charge on any atom is 0.407 e. The standard InChI is InChI=1S/C34H47N3O9.C26H34N2O6.C18H21NO3.C12H18N2O6/c1-20-9-10-21-19-23-34(44-25(39)13-17-36-30(41)46-32(5,6)7)14-11-22(42-24(38)12-16-35-29(40)45-31(2,3)4)28-33(34,15-18-37(23)8)26(21)27(20)43-28;1-15-6-7-16-14-18-26(31)10-8-17(32-19(29)9-12-27-23(30)34-24(2,3)4)22-25(26,11-13-28(18)5)20(16)21(15)33-22;1-10-3-4-11-9-13-18(21)6-5-12(20)16-17(18,7-8-19(13)2)14(11)15(10)22-16;1-12(2,3)19-11(18)13-7-6-10(17)20-14-8(15)4-5-9(14)16/h9-11,23,28H,12-19H2,1-8H3,(H,35,40)(H,36,41);6-8,18,22,31H,9-14H2,1-5H3,(H,27,30);3-4,13,16,21H,5-9H2,1-2H3;4-7H2,1-3H3,(H,13,18)/t23-,28+,33+,34-;18-,22+,25+,26-;13-,16+,17+,18-;/m111./s1. The number of amides is 6. The topological polar surface area (TPSA) is 391 Å². The molecule has 0 aromatic heterocycles. The van der Waals surface area contributed by atoms with Crippen LogP contribution in [0.3, 0.4) is 0 Å². The van der Waals surface area contributed by atoms with E-state index in [-0.39, 0.29) is 88.6 Å². The Kier molecular flexibility index (Phi) is 24.5. The number of imide groups is 1. The molecule has 6 aliphatic carbocycles. The lowest BCUT2D eigenvalue weighted by molar-refractivity contribution is -0.206. The zero-order chi connectivity index (χ0) is 88.7. The summed E-state index contributed by atoms with van der Waals surface area (Å²) in [6, 6.07) is 12.6. The van der Waals surface area contributed by atoms with Crippen molar-refractivity contribution in [2.24, 2.45) is 0 Å². The summed E-state index contributed by atoms with van der Waals surface area (Å²) >= 11 is 0. The van der Waals surface area contributed by atoms with Gasteiger partial charge in [0.05, 0.1) is 59.2 Å². The number of aryl methyl sites for hydroxylation is 3. The second-order valence-electron chi connectivity index (χ2n) is 38.5. The smallest absolute Gasteiger partial charge is 0.407 e. The lowest BCUT2D eigenvalue weighted by atomic mass is 9.49. The summed E-state index contributed by atoms with van der Waals surface area (Å²) in [5, 5.41) is 34.5. The number of Topliss-reactive ketones (excluding diaryl/α,β-unsaturated/α-hetero) is 1. The van der Waals surface area contributed by atoms with Gasteiger partial charge < -0.3 is 93.5 Å². The van der Waals surface area contributed by atoms with E-state index in [1.54, 1.807) is 83.1 Å². The van der Waals surface area contributed by atoms with Gasteiger partial charge in [0.15, 0.2) is 24.1 Å². The van der Waals surface area contributed by atoms with Gasteiger partial charge in [-0.1, -0.05) is 36.4 Å². The number of benzene rings is 3. The summed E-state index contributed by atoms with van der Waals surface area (Å²) in [6.45, 7) is 29.8. The monoisotopic (exact) mass is 1700 g/mol. The van der Waals surface area contributed by atoms with Crippen LogP contribution in [0.4, 0.5) is 19.2 Å². The van der Waals surface area contributed by atoms with Crippen LogP contribution in [0.5, 0.6) is 17.2 Å². The van der Waals surface area contributed by atoms with Crippen LogP contribution in [0.15, 0.2) is 60.1 Å². The average molecular weight is 1700 g/mol. The Labute approximate surface area is 711 Å². The summed E-state index contributed by atoms with van der Waals surface area (Å²) in [7, 11) is 6.20. The zero-order valence-electron chi connectivity index (χ0n) is 73.5. The number of carbonyl (C=O) groups is 11. The van der Waals surface area contributed by atoms with Gasteiger partial charge in [-0.05, 0) is 235 Å². The van der Waals surface area contributed by atoms with Gasteiger partial charge in [-0.15, -0.1) is 5.06 Å². The number of likely N-dealkylation sites (tertiary alicyclic amines) is 3. The van der Waals surface area contributed by atoms with Crippen molar-refractivity contribution in [3.05, 3.63) is 110 Å². The number of ketones is 1. The molecule has 3 aromatic carbocycles. The number of hydroxylamine groups is 2. The molecule has 32 heteroatoms. The molecule has 13 aliphatic rings. The Bertz CT molecular complexity index is 4770. The molecule has 6 N–H and O–H groups in total. The molecule has 7 aliphatic heterocycles. The van der Waals surface area contributed by atoms with E-state index >= 15 is 0 Å². The second-order valence-corrected chi connectivity index (χ2v) is 38.5. The minimum absolute atomic E-state index is 0.00313. The molecule has 3 spiro atoms. The molecule has 6 bridgehead atoms. The van der Waals surface area contributed by atoms with Gasteiger partial charge in [0.2, 0.25) is 0 Å². The second kappa shape index (κ2) is 33.3. The van der Waals surface area contributed by atoms with E-state index in [9.17, 15) is 63.0 Å². The zero-order valence-corrected chi connectivity index (χ0v) is 73.5. The number of rotatable bonds is 16. The molecular formula is C90H120N8O24. The fourth-order valence-corrected chi connectivity index (χ4v) is 20.8. The maximum atomic E-state index is 13.6. The third-order valence-corrected chi connectivity index (χ3v) is 25.8. The summed E-state index contributed by atoms with van der Waals surface area (Å²) < 4.78 is 58.5. The molecule has 0 radical (unpaired) electrons. The van der Waals surface area contributed by atoms with Crippen LogP contribution in [-0.2, 0) is 107 Å². The third kappa shape index (κ3) is 16.7. The Morgan fingerprint density at radius 3 is 1.20 bits per heavy atom. The minimum atomic E-state index is -0.995. The number of esters is 3. The van der Waals surface area contributed by atoms with Gasteiger partial charge in [0, 0.05) is 87.1 Å². The number of nitrogens with one attached hydrogen (secondary N) is 4. The van der Waals surface area contributed by atoms with Gasteiger partial charge in [-0.25, -0.2) is 24.0 Å². The number of carbonyl (C=O) groups excluding carboxylic acids is 11. The average Bonchev–Trinajstić information content (AvgIpc) is 1.38. The van der Waals surface area contributed by atoms with Gasteiger partial charge in [-0.2, -0.15) is 0 Å². The van der Waals surface area contributed by atoms with Crippen molar-refractivity contribution >= 4 is 65.8 Å². The first-order chi connectivity index (χ1) is 57.1. The number of nitrogens with zero attached hydrogens (tertiary/aromatic N) is 4. The van der Waals surface area contributed by atoms with Crippen molar-refractivity contribution in [1.82, 2.24) is 41.0 Å².